The molecule has 0 spiro atoms. The summed E-state index contributed by atoms with van der Waals surface area (Å²) in [6.45, 7) is 15.3. The molecule has 0 fully saturated rings. The lowest BCUT2D eigenvalue weighted by Gasteiger charge is -2.23. The lowest BCUT2D eigenvalue weighted by atomic mass is 9.90. The molecule has 1 aliphatic carbocycles. The van der Waals surface area contributed by atoms with E-state index >= 15 is 0 Å². The van der Waals surface area contributed by atoms with Crippen LogP contribution in [0.5, 0.6) is 0 Å². The van der Waals surface area contributed by atoms with Crippen molar-refractivity contribution in [1.82, 2.24) is 4.58 Å². The fraction of sp³-hybridized carbons (Fsp3) is 0.258. The number of carbonyl (C=O) groups is 2. The highest BCUT2D eigenvalue weighted by Gasteiger charge is 2.22. The molecule has 0 saturated carbocycles. The summed E-state index contributed by atoms with van der Waals surface area (Å²) >= 11 is 0. The van der Waals surface area contributed by atoms with Gasteiger partial charge in [-0.1, -0.05) is 12.6 Å². The van der Waals surface area contributed by atoms with Crippen molar-refractivity contribution in [2.24, 2.45) is 0 Å². The van der Waals surface area contributed by atoms with Gasteiger partial charge < -0.3 is 24.5 Å². The van der Waals surface area contributed by atoms with Crippen LogP contribution in [0.15, 0.2) is 71.7 Å². The SMILES string of the molecule is C=CC(=O)Nc1ccc(C(=O)[O-])c(-c2c3ccc(=[N+](CC)CC)cc-3oc3cc(N(CC)CC)ccc23)c1. The maximum Gasteiger partial charge on any atom is 0.247 e. The Bertz CT molecular complexity index is 1560. The molecule has 1 heterocycles. The van der Waals surface area contributed by atoms with Crippen molar-refractivity contribution in [3.05, 3.63) is 78.2 Å². The zero-order valence-electron chi connectivity index (χ0n) is 22.3. The summed E-state index contributed by atoms with van der Waals surface area (Å²) in [5, 5.41) is 16.8. The van der Waals surface area contributed by atoms with Crippen LogP contribution in [0, 0.1) is 0 Å². The van der Waals surface area contributed by atoms with Gasteiger partial charge in [0.05, 0.1) is 12.0 Å². The van der Waals surface area contributed by atoms with Crippen LogP contribution in [0.25, 0.3) is 33.4 Å². The van der Waals surface area contributed by atoms with Crippen molar-refractivity contribution < 1.29 is 19.1 Å². The summed E-state index contributed by atoms with van der Waals surface area (Å²) in [4.78, 5) is 26.5. The highest BCUT2D eigenvalue weighted by molar-refractivity contribution is 6.09. The Hall–Kier alpha value is -4.39. The van der Waals surface area contributed by atoms with E-state index in [2.05, 4.69) is 49.1 Å². The lowest BCUT2D eigenvalue weighted by molar-refractivity contribution is -0.254. The molecule has 0 bridgehead atoms. The van der Waals surface area contributed by atoms with Gasteiger partial charge in [0.1, 0.15) is 24.4 Å². The summed E-state index contributed by atoms with van der Waals surface area (Å²) in [5.74, 6) is -1.05. The van der Waals surface area contributed by atoms with E-state index < -0.39 is 5.97 Å². The fourth-order valence-electron chi connectivity index (χ4n) is 4.93. The van der Waals surface area contributed by atoms with Crippen molar-refractivity contribution in [3.63, 3.8) is 0 Å². The maximum atomic E-state index is 12.2. The number of hydrogen-bond donors (Lipinski definition) is 1. The predicted octanol–water partition coefficient (Wildman–Crippen LogP) is 4.35. The molecule has 2 aromatic carbocycles. The Labute approximate surface area is 222 Å². The third-order valence-electron chi connectivity index (χ3n) is 6.91. The molecule has 0 atom stereocenters. The molecule has 38 heavy (non-hydrogen) atoms. The molecule has 1 amide bonds. The molecule has 2 aliphatic rings. The largest absolute Gasteiger partial charge is 0.545 e. The standard InChI is InChI=1S/C31H33N3O4/c1-6-29(35)32-20-11-14-23(31(36)37)26(17-20)30-24-15-12-21(33(7-2)8-3)18-27(24)38-28-19-22(13-16-25(28)30)34(9-4)10-5/h6,11-19H,1,7-10H2,2-5H3,(H-,32,35,36,37). The second-order valence-electron chi connectivity index (χ2n) is 8.92. The molecule has 2 aromatic rings. The number of nitrogens with one attached hydrogen (secondary N) is 1. The van der Waals surface area contributed by atoms with Crippen molar-refractivity contribution in [3.8, 4) is 22.5 Å². The molecule has 4 rings (SSSR count). The smallest absolute Gasteiger partial charge is 0.247 e. The molecule has 196 valence electrons. The Morgan fingerprint density at radius 2 is 1.71 bits per heavy atom. The molecular formula is C31H33N3O4. The van der Waals surface area contributed by atoms with Crippen LogP contribution in [0.3, 0.4) is 0 Å². The number of fused-ring (bicyclic) bond motifs is 2. The van der Waals surface area contributed by atoms with E-state index in [1.807, 2.05) is 36.4 Å². The van der Waals surface area contributed by atoms with Crippen LogP contribution in [-0.2, 0) is 4.79 Å². The summed E-state index contributed by atoms with van der Waals surface area (Å²) in [5.41, 5.74) is 4.03. The first-order chi connectivity index (χ1) is 18.3. The minimum Gasteiger partial charge on any atom is -0.545 e. The maximum absolute atomic E-state index is 12.2. The minimum absolute atomic E-state index is 0.0241. The Morgan fingerprint density at radius 3 is 2.34 bits per heavy atom. The zero-order valence-corrected chi connectivity index (χ0v) is 22.3. The summed E-state index contributed by atoms with van der Waals surface area (Å²) < 4.78 is 8.71. The van der Waals surface area contributed by atoms with E-state index in [0.29, 0.717) is 28.2 Å². The number of rotatable bonds is 9. The predicted molar refractivity (Wildman–Crippen MR) is 151 cm³/mol. The summed E-state index contributed by atoms with van der Waals surface area (Å²) in [6, 6.07) is 16.6. The first kappa shape index (κ1) is 26.7. The van der Waals surface area contributed by atoms with Gasteiger partial charge in [0.15, 0.2) is 0 Å². The number of nitrogens with zero attached hydrogens (tertiary/aromatic N) is 2. The van der Waals surface area contributed by atoms with Gasteiger partial charge in [0.25, 0.3) is 0 Å². The van der Waals surface area contributed by atoms with Crippen molar-refractivity contribution >= 4 is 34.2 Å². The van der Waals surface area contributed by atoms with E-state index in [9.17, 15) is 14.7 Å². The van der Waals surface area contributed by atoms with Gasteiger partial charge >= 0.3 is 0 Å². The van der Waals surface area contributed by atoms with Gasteiger partial charge in [0, 0.05) is 58.7 Å². The molecule has 1 aliphatic heterocycles. The molecule has 1 N–H and O–H groups in total. The average Bonchev–Trinajstić information content (AvgIpc) is 2.92. The van der Waals surface area contributed by atoms with Crippen LogP contribution in [0.4, 0.5) is 11.4 Å². The topological polar surface area (TPSA) is 88.6 Å². The molecular weight excluding hydrogens is 478 g/mol. The number of amides is 1. The van der Waals surface area contributed by atoms with Crippen LogP contribution < -0.4 is 25.3 Å². The van der Waals surface area contributed by atoms with Gasteiger partial charge in [0.2, 0.25) is 11.3 Å². The van der Waals surface area contributed by atoms with Gasteiger partial charge in [-0.15, -0.1) is 0 Å². The van der Waals surface area contributed by atoms with Gasteiger partial charge in [-0.3, -0.25) is 4.79 Å². The first-order valence-electron chi connectivity index (χ1n) is 13.0. The Morgan fingerprint density at radius 1 is 0.974 bits per heavy atom. The average molecular weight is 512 g/mol. The van der Waals surface area contributed by atoms with Crippen molar-refractivity contribution in [2.45, 2.75) is 27.7 Å². The first-order valence-corrected chi connectivity index (χ1v) is 13.0. The minimum atomic E-state index is -1.30. The highest BCUT2D eigenvalue weighted by Crippen LogP contribution is 2.42. The molecule has 7 nitrogen and oxygen atoms in total. The number of carboxylic acid groups (broad SMARTS) is 1. The normalized spacial score (nSPS) is 10.9. The second-order valence-corrected chi connectivity index (χ2v) is 8.92. The van der Waals surface area contributed by atoms with Crippen molar-refractivity contribution in [2.75, 3.05) is 36.4 Å². The number of carbonyl (C=O) groups excluding carboxylic acids is 2. The Balaban J connectivity index is 2.13. The Kier molecular flexibility index (Phi) is 7.96. The van der Waals surface area contributed by atoms with E-state index in [0.717, 1.165) is 48.2 Å². The molecule has 0 aromatic heterocycles. The summed E-state index contributed by atoms with van der Waals surface area (Å²) in [6.07, 6.45) is 1.17. The highest BCUT2D eigenvalue weighted by atomic mass is 16.4. The van der Waals surface area contributed by atoms with E-state index in [4.69, 9.17) is 4.42 Å². The van der Waals surface area contributed by atoms with E-state index in [-0.39, 0.29) is 11.5 Å². The van der Waals surface area contributed by atoms with Gasteiger partial charge in [-0.05, 0) is 69.7 Å². The number of benzene rings is 3. The monoisotopic (exact) mass is 511 g/mol. The van der Waals surface area contributed by atoms with Gasteiger partial charge in [-0.25, -0.2) is 4.58 Å². The van der Waals surface area contributed by atoms with Crippen LogP contribution in [-0.4, -0.2) is 38.1 Å². The number of aromatic carboxylic acids is 1. The number of carboxylic acids is 1. The van der Waals surface area contributed by atoms with Gasteiger partial charge in [-0.2, -0.15) is 0 Å². The van der Waals surface area contributed by atoms with Crippen molar-refractivity contribution in [1.29, 1.82) is 0 Å². The quantitative estimate of drug-likeness (QED) is 0.205. The van der Waals surface area contributed by atoms with Crippen LogP contribution in [0.2, 0.25) is 0 Å². The molecule has 0 saturated heterocycles. The molecule has 0 radical (unpaired) electrons. The third kappa shape index (κ3) is 5.05. The lowest BCUT2D eigenvalue weighted by Crippen LogP contribution is -2.29. The van der Waals surface area contributed by atoms with E-state index in [1.54, 1.807) is 12.1 Å². The zero-order chi connectivity index (χ0) is 27.4. The van der Waals surface area contributed by atoms with Crippen LogP contribution in [0.1, 0.15) is 38.1 Å². The second kappa shape index (κ2) is 11.3. The summed E-state index contributed by atoms with van der Waals surface area (Å²) in [7, 11) is 0. The number of hydrogen-bond acceptors (Lipinski definition) is 5. The third-order valence-corrected chi connectivity index (χ3v) is 6.91. The molecule has 0 unspecified atom stereocenters. The molecule has 7 heteroatoms. The fourth-order valence-corrected chi connectivity index (χ4v) is 4.93. The van der Waals surface area contributed by atoms with E-state index in [1.165, 1.54) is 12.1 Å². The van der Waals surface area contributed by atoms with Crippen LogP contribution >= 0.6 is 0 Å². The number of anilines is 2.